The maximum atomic E-state index is 12.7. The third kappa shape index (κ3) is 4.41. The van der Waals surface area contributed by atoms with E-state index in [1.807, 2.05) is 41.4 Å². The van der Waals surface area contributed by atoms with Crippen LogP contribution in [0.2, 0.25) is 0 Å². The van der Waals surface area contributed by atoms with Gasteiger partial charge in [-0.05, 0) is 50.3 Å². The van der Waals surface area contributed by atoms with Crippen molar-refractivity contribution in [3.8, 4) is 5.69 Å². The van der Waals surface area contributed by atoms with Gasteiger partial charge in [-0.25, -0.2) is 4.68 Å². The Kier molecular flexibility index (Phi) is 5.76. The van der Waals surface area contributed by atoms with E-state index in [0.29, 0.717) is 11.6 Å². The minimum absolute atomic E-state index is 0. The van der Waals surface area contributed by atoms with Crippen molar-refractivity contribution < 1.29 is 4.79 Å². The van der Waals surface area contributed by atoms with Crippen LogP contribution in [0, 0.1) is 5.92 Å². The lowest BCUT2D eigenvalue weighted by Crippen LogP contribution is -2.45. The number of rotatable bonds is 5. The average Bonchev–Trinajstić information content (AvgIpc) is 3.34. The predicted octanol–water partition coefficient (Wildman–Crippen LogP) is 2.90. The second-order valence-electron chi connectivity index (χ2n) is 6.93. The van der Waals surface area contributed by atoms with Crippen LogP contribution >= 0.6 is 12.4 Å². The van der Waals surface area contributed by atoms with Gasteiger partial charge in [0.1, 0.15) is 0 Å². The summed E-state index contributed by atoms with van der Waals surface area (Å²) in [7, 11) is 0. The highest BCUT2D eigenvalue weighted by molar-refractivity contribution is 5.93. The van der Waals surface area contributed by atoms with Crippen LogP contribution < -0.4 is 5.32 Å². The van der Waals surface area contributed by atoms with Crippen molar-refractivity contribution in [3.63, 3.8) is 0 Å². The van der Waals surface area contributed by atoms with Gasteiger partial charge >= 0.3 is 0 Å². The van der Waals surface area contributed by atoms with Crippen molar-refractivity contribution in [1.82, 2.24) is 20.0 Å². The molecule has 0 unspecified atom stereocenters. The molecule has 134 valence electrons. The van der Waals surface area contributed by atoms with Crippen LogP contribution in [-0.2, 0) is 0 Å². The lowest BCUT2D eigenvalue weighted by molar-refractivity contribution is 0.0705. The van der Waals surface area contributed by atoms with E-state index in [-0.39, 0.29) is 18.3 Å². The summed E-state index contributed by atoms with van der Waals surface area (Å²) in [6, 6.07) is 10.5. The molecule has 0 spiro atoms. The van der Waals surface area contributed by atoms with Gasteiger partial charge in [-0.15, -0.1) is 12.4 Å². The van der Waals surface area contributed by atoms with Crippen LogP contribution in [0.4, 0.5) is 0 Å². The van der Waals surface area contributed by atoms with Crippen LogP contribution in [-0.4, -0.2) is 46.3 Å². The van der Waals surface area contributed by atoms with E-state index < -0.39 is 0 Å². The molecule has 2 fully saturated rings. The van der Waals surface area contributed by atoms with Gasteiger partial charge in [0.15, 0.2) is 0 Å². The van der Waals surface area contributed by atoms with Crippen LogP contribution in [0.3, 0.4) is 0 Å². The zero-order chi connectivity index (χ0) is 16.4. The van der Waals surface area contributed by atoms with Crippen LogP contribution in [0.15, 0.2) is 42.7 Å². The molecule has 1 aromatic carbocycles. The molecule has 1 saturated carbocycles. The molecule has 1 aromatic heterocycles. The first-order valence-electron chi connectivity index (χ1n) is 8.92. The van der Waals surface area contributed by atoms with Gasteiger partial charge in [0.05, 0.1) is 17.4 Å². The van der Waals surface area contributed by atoms with E-state index in [2.05, 4.69) is 10.4 Å². The largest absolute Gasteiger partial charge is 0.338 e. The predicted molar refractivity (Wildman–Crippen MR) is 100 cm³/mol. The number of hydrogen-bond donors (Lipinski definition) is 1. The molecule has 6 heteroatoms. The summed E-state index contributed by atoms with van der Waals surface area (Å²) in [5.74, 6) is 1.01. The van der Waals surface area contributed by atoms with E-state index in [1.165, 1.54) is 12.8 Å². The molecule has 1 saturated heterocycles. The number of benzene rings is 1. The van der Waals surface area contributed by atoms with Gasteiger partial charge in [-0.2, -0.15) is 5.10 Å². The molecule has 2 aliphatic rings. The van der Waals surface area contributed by atoms with Gasteiger partial charge in [0.2, 0.25) is 0 Å². The van der Waals surface area contributed by atoms with Crippen molar-refractivity contribution in [2.75, 3.05) is 19.6 Å². The van der Waals surface area contributed by atoms with E-state index in [4.69, 9.17) is 0 Å². The Morgan fingerprint density at radius 2 is 1.84 bits per heavy atom. The van der Waals surface area contributed by atoms with Crippen LogP contribution in [0.5, 0.6) is 0 Å². The number of nitrogens with zero attached hydrogens (tertiary/aromatic N) is 3. The second kappa shape index (κ2) is 8.02. The molecule has 2 aromatic rings. The van der Waals surface area contributed by atoms with Gasteiger partial charge in [0.25, 0.3) is 5.91 Å². The number of aromatic nitrogens is 2. The fourth-order valence-electron chi connectivity index (χ4n) is 3.28. The molecule has 25 heavy (non-hydrogen) atoms. The molecule has 0 bridgehead atoms. The quantitative estimate of drug-likeness (QED) is 0.892. The SMILES string of the molecule is Cl.O=C(c1cnn(-c2ccccc2)c1)N1CCC(NCC2CC2)CC1. The van der Waals surface area contributed by atoms with E-state index in [9.17, 15) is 4.79 Å². The van der Waals surface area contributed by atoms with E-state index in [1.54, 1.807) is 10.9 Å². The highest BCUT2D eigenvalue weighted by Gasteiger charge is 2.26. The molecule has 1 N–H and O–H groups in total. The molecule has 5 nitrogen and oxygen atoms in total. The van der Waals surface area contributed by atoms with Gasteiger partial charge < -0.3 is 10.2 Å². The normalized spacial score (nSPS) is 18.0. The number of amides is 1. The van der Waals surface area contributed by atoms with Gasteiger partial charge in [0, 0.05) is 25.3 Å². The first kappa shape index (κ1) is 18.0. The Bertz CT molecular complexity index is 690. The molecule has 1 aliphatic heterocycles. The minimum Gasteiger partial charge on any atom is -0.338 e. The zero-order valence-corrected chi connectivity index (χ0v) is 15.1. The number of carbonyl (C=O) groups excluding carboxylic acids is 1. The topological polar surface area (TPSA) is 50.2 Å². The summed E-state index contributed by atoms with van der Waals surface area (Å²) in [6.45, 7) is 2.82. The van der Waals surface area contributed by atoms with Crippen LogP contribution in [0.1, 0.15) is 36.0 Å². The molecular formula is C19H25ClN4O. The number of nitrogens with one attached hydrogen (secondary N) is 1. The summed E-state index contributed by atoms with van der Waals surface area (Å²) in [4.78, 5) is 14.6. The smallest absolute Gasteiger partial charge is 0.257 e. The summed E-state index contributed by atoms with van der Waals surface area (Å²) in [5.41, 5.74) is 1.64. The van der Waals surface area contributed by atoms with E-state index >= 15 is 0 Å². The Hall–Kier alpha value is -1.85. The first-order chi connectivity index (χ1) is 11.8. The summed E-state index contributed by atoms with van der Waals surface area (Å²) in [5, 5.41) is 7.98. The Morgan fingerprint density at radius 1 is 1.12 bits per heavy atom. The maximum absolute atomic E-state index is 12.7. The molecule has 0 radical (unpaired) electrons. The number of carbonyl (C=O) groups is 1. The molecular weight excluding hydrogens is 336 g/mol. The maximum Gasteiger partial charge on any atom is 0.257 e. The lowest BCUT2D eigenvalue weighted by Gasteiger charge is -2.32. The van der Waals surface area contributed by atoms with Crippen molar-refractivity contribution in [1.29, 1.82) is 0 Å². The molecule has 1 aliphatic carbocycles. The minimum atomic E-state index is 0. The summed E-state index contributed by atoms with van der Waals surface area (Å²) >= 11 is 0. The van der Waals surface area contributed by atoms with Crippen LogP contribution in [0.25, 0.3) is 5.69 Å². The third-order valence-corrected chi connectivity index (χ3v) is 5.02. The van der Waals surface area contributed by atoms with Crippen molar-refractivity contribution in [3.05, 3.63) is 48.3 Å². The Morgan fingerprint density at radius 3 is 2.52 bits per heavy atom. The number of likely N-dealkylation sites (tertiary alicyclic amines) is 1. The second-order valence-corrected chi connectivity index (χ2v) is 6.93. The van der Waals surface area contributed by atoms with E-state index in [0.717, 1.165) is 44.1 Å². The summed E-state index contributed by atoms with van der Waals surface area (Å²) in [6.07, 6.45) is 8.36. The number of halogens is 1. The zero-order valence-electron chi connectivity index (χ0n) is 14.3. The Labute approximate surface area is 154 Å². The highest BCUT2D eigenvalue weighted by Crippen LogP contribution is 2.28. The molecule has 4 rings (SSSR count). The number of piperidine rings is 1. The molecule has 1 amide bonds. The molecule has 0 atom stereocenters. The third-order valence-electron chi connectivity index (χ3n) is 5.02. The lowest BCUT2D eigenvalue weighted by atomic mass is 10.0. The van der Waals surface area contributed by atoms with Crippen molar-refractivity contribution >= 4 is 18.3 Å². The average molecular weight is 361 g/mol. The number of para-hydroxylation sites is 1. The monoisotopic (exact) mass is 360 g/mol. The van der Waals surface area contributed by atoms with Crippen molar-refractivity contribution in [2.24, 2.45) is 5.92 Å². The van der Waals surface area contributed by atoms with Crippen molar-refractivity contribution in [2.45, 2.75) is 31.7 Å². The first-order valence-corrected chi connectivity index (χ1v) is 8.92. The fourth-order valence-corrected chi connectivity index (χ4v) is 3.28. The number of hydrogen-bond acceptors (Lipinski definition) is 3. The Balaban J connectivity index is 0.00000182. The standard InChI is InChI=1S/C19H24N4O.ClH/c24-19(16-13-21-23(14-16)18-4-2-1-3-5-18)22-10-8-17(9-11-22)20-12-15-6-7-15;/h1-5,13-15,17,20H,6-12H2;1H. The van der Waals surface area contributed by atoms with Gasteiger partial charge in [-0.3, -0.25) is 4.79 Å². The van der Waals surface area contributed by atoms with Gasteiger partial charge in [-0.1, -0.05) is 18.2 Å². The highest BCUT2D eigenvalue weighted by atomic mass is 35.5. The summed E-state index contributed by atoms with van der Waals surface area (Å²) < 4.78 is 1.76. The molecule has 2 heterocycles. The fraction of sp³-hybridized carbons (Fsp3) is 0.474.